The minimum atomic E-state index is 0.275. The molecule has 0 N–H and O–H groups in total. The molecular formula is C31H33N5O. The lowest BCUT2D eigenvalue weighted by Crippen LogP contribution is -2.46. The Labute approximate surface area is 218 Å². The van der Waals surface area contributed by atoms with Gasteiger partial charge in [0.2, 0.25) is 0 Å². The molecule has 188 valence electrons. The number of Topliss-reactive ketones (excluding diaryl/α,β-unsaturated/α-hetero) is 1. The Kier molecular flexibility index (Phi) is 6.91. The van der Waals surface area contributed by atoms with E-state index in [2.05, 4.69) is 57.2 Å². The number of hydrogen-bond acceptors (Lipinski definition) is 6. The van der Waals surface area contributed by atoms with Gasteiger partial charge in [0.15, 0.2) is 0 Å². The Balaban J connectivity index is 1.12. The molecule has 6 rings (SSSR count). The predicted octanol–water partition coefficient (Wildman–Crippen LogP) is 5.32. The van der Waals surface area contributed by atoms with Gasteiger partial charge in [0.25, 0.3) is 0 Å². The molecule has 0 spiro atoms. The minimum absolute atomic E-state index is 0.275. The van der Waals surface area contributed by atoms with Crippen molar-refractivity contribution in [2.45, 2.75) is 38.6 Å². The van der Waals surface area contributed by atoms with E-state index in [1.165, 1.54) is 18.4 Å². The lowest BCUT2D eigenvalue weighted by atomic mass is 9.95. The number of pyridine rings is 1. The third-order valence-electron chi connectivity index (χ3n) is 7.83. The zero-order chi connectivity index (χ0) is 25.0. The molecule has 2 aromatic heterocycles. The smallest absolute Gasteiger partial charge is 0.147 e. The molecule has 0 amide bonds. The topological polar surface area (TPSA) is 62.2 Å². The Morgan fingerprint density at radius 3 is 2.38 bits per heavy atom. The van der Waals surface area contributed by atoms with Crippen molar-refractivity contribution in [3.63, 3.8) is 0 Å². The van der Waals surface area contributed by atoms with Crippen LogP contribution < -0.4 is 4.90 Å². The first kappa shape index (κ1) is 23.7. The van der Waals surface area contributed by atoms with Crippen molar-refractivity contribution in [3.8, 4) is 11.1 Å². The fourth-order valence-electron chi connectivity index (χ4n) is 5.63. The van der Waals surface area contributed by atoms with E-state index in [4.69, 9.17) is 9.97 Å². The monoisotopic (exact) mass is 491 g/mol. The molecule has 0 bridgehead atoms. The highest BCUT2D eigenvalue weighted by atomic mass is 16.1. The van der Waals surface area contributed by atoms with Gasteiger partial charge >= 0.3 is 0 Å². The van der Waals surface area contributed by atoms with E-state index in [0.717, 1.165) is 79.1 Å². The lowest BCUT2D eigenvalue weighted by Gasteiger charge is -2.35. The molecule has 0 unspecified atom stereocenters. The van der Waals surface area contributed by atoms with Gasteiger partial charge in [-0.25, -0.2) is 4.98 Å². The molecule has 2 aliphatic rings. The van der Waals surface area contributed by atoms with Crippen LogP contribution in [0, 0.1) is 5.92 Å². The molecule has 1 aliphatic heterocycles. The molecule has 3 heterocycles. The van der Waals surface area contributed by atoms with Gasteiger partial charge in [0.05, 0.1) is 17.2 Å². The van der Waals surface area contributed by atoms with Crippen LogP contribution in [0.1, 0.15) is 36.8 Å². The van der Waals surface area contributed by atoms with Gasteiger partial charge in [-0.05, 0) is 53.3 Å². The Morgan fingerprint density at radius 2 is 1.62 bits per heavy atom. The van der Waals surface area contributed by atoms with Crippen LogP contribution in [0.2, 0.25) is 0 Å². The average Bonchev–Trinajstić information content (AvgIpc) is 3.49. The summed E-state index contributed by atoms with van der Waals surface area (Å²) in [6.07, 6.45) is 10.7. The van der Waals surface area contributed by atoms with Crippen molar-refractivity contribution < 1.29 is 4.79 Å². The molecule has 2 fully saturated rings. The zero-order valence-corrected chi connectivity index (χ0v) is 21.2. The van der Waals surface area contributed by atoms with E-state index in [1.54, 1.807) is 0 Å². The number of fused-ring (bicyclic) bond motifs is 1. The van der Waals surface area contributed by atoms with Crippen molar-refractivity contribution in [2.75, 3.05) is 31.1 Å². The number of ketones is 1. The molecule has 1 aliphatic carbocycles. The molecule has 4 aromatic rings. The summed E-state index contributed by atoms with van der Waals surface area (Å²) in [7, 11) is 0. The van der Waals surface area contributed by atoms with Crippen LogP contribution in [0.3, 0.4) is 0 Å². The van der Waals surface area contributed by atoms with Gasteiger partial charge in [-0.2, -0.15) is 0 Å². The average molecular weight is 492 g/mol. The molecule has 1 saturated carbocycles. The summed E-state index contributed by atoms with van der Waals surface area (Å²) >= 11 is 0. The normalized spacial score (nSPS) is 16.9. The third-order valence-corrected chi connectivity index (χ3v) is 7.83. The molecule has 0 atom stereocenters. The van der Waals surface area contributed by atoms with E-state index in [1.807, 2.05) is 30.7 Å². The van der Waals surface area contributed by atoms with E-state index >= 15 is 0 Å². The van der Waals surface area contributed by atoms with Gasteiger partial charge in [0, 0.05) is 57.5 Å². The summed E-state index contributed by atoms with van der Waals surface area (Å²) in [4.78, 5) is 31.3. The standard InChI is InChI=1S/C31H33N5O/c37-30(26-5-1-2-6-26)18-23-7-9-25(10-8-23)27-11-12-28-29(19-27)34-31(21-33-28)36-16-14-35(15-17-36)22-24-4-3-13-32-20-24/h3-4,7-13,19-21,26H,1-2,5-6,14-18,22H2. The van der Waals surface area contributed by atoms with E-state index in [9.17, 15) is 4.79 Å². The van der Waals surface area contributed by atoms with E-state index in [0.29, 0.717) is 12.2 Å². The van der Waals surface area contributed by atoms with Crippen molar-refractivity contribution in [2.24, 2.45) is 5.92 Å². The first-order chi connectivity index (χ1) is 18.2. The van der Waals surface area contributed by atoms with Gasteiger partial charge in [-0.1, -0.05) is 49.2 Å². The maximum Gasteiger partial charge on any atom is 0.147 e. The van der Waals surface area contributed by atoms with Crippen molar-refractivity contribution in [3.05, 3.63) is 84.3 Å². The largest absolute Gasteiger partial charge is 0.353 e. The number of aromatic nitrogens is 3. The summed E-state index contributed by atoms with van der Waals surface area (Å²) < 4.78 is 0. The molecule has 37 heavy (non-hydrogen) atoms. The second-order valence-corrected chi connectivity index (χ2v) is 10.4. The van der Waals surface area contributed by atoms with Gasteiger partial charge in [-0.3, -0.25) is 19.7 Å². The zero-order valence-electron chi connectivity index (χ0n) is 21.2. The first-order valence-electron chi connectivity index (χ1n) is 13.5. The highest BCUT2D eigenvalue weighted by molar-refractivity contribution is 5.84. The molecule has 0 radical (unpaired) electrons. The number of anilines is 1. The van der Waals surface area contributed by atoms with Gasteiger partial charge in [-0.15, -0.1) is 0 Å². The molecule has 1 saturated heterocycles. The fraction of sp³-hybridized carbons (Fsp3) is 0.355. The Hall–Kier alpha value is -3.64. The quantitative estimate of drug-likeness (QED) is 0.349. The molecule has 6 nitrogen and oxygen atoms in total. The Bertz CT molecular complexity index is 1360. The van der Waals surface area contributed by atoms with Crippen LogP contribution in [-0.4, -0.2) is 51.8 Å². The second-order valence-electron chi connectivity index (χ2n) is 10.4. The van der Waals surface area contributed by atoms with Crippen molar-refractivity contribution in [1.82, 2.24) is 19.9 Å². The Morgan fingerprint density at radius 1 is 0.838 bits per heavy atom. The van der Waals surface area contributed by atoms with E-state index in [-0.39, 0.29) is 5.92 Å². The number of nitrogens with zero attached hydrogens (tertiary/aromatic N) is 5. The SMILES string of the molecule is O=C(Cc1ccc(-c2ccc3ncc(N4CCN(Cc5cccnc5)CC4)nc3c2)cc1)C1CCCC1. The fourth-order valence-corrected chi connectivity index (χ4v) is 5.63. The van der Waals surface area contributed by atoms with Crippen LogP contribution in [0.5, 0.6) is 0 Å². The summed E-state index contributed by atoms with van der Waals surface area (Å²) in [5.41, 5.74) is 6.42. The number of rotatable bonds is 7. The molecule has 6 heteroatoms. The van der Waals surface area contributed by atoms with Crippen LogP contribution in [0.15, 0.2) is 73.2 Å². The van der Waals surface area contributed by atoms with Crippen LogP contribution in [-0.2, 0) is 17.8 Å². The number of carbonyl (C=O) groups excluding carboxylic acids is 1. The van der Waals surface area contributed by atoms with Crippen LogP contribution >= 0.6 is 0 Å². The number of piperazine rings is 1. The third kappa shape index (κ3) is 5.54. The lowest BCUT2D eigenvalue weighted by molar-refractivity contribution is -0.122. The summed E-state index contributed by atoms with van der Waals surface area (Å²) in [6, 6.07) is 18.8. The van der Waals surface area contributed by atoms with Crippen molar-refractivity contribution in [1.29, 1.82) is 0 Å². The van der Waals surface area contributed by atoms with Gasteiger partial charge in [0.1, 0.15) is 11.6 Å². The van der Waals surface area contributed by atoms with Crippen LogP contribution in [0.4, 0.5) is 5.82 Å². The van der Waals surface area contributed by atoms with Crippen molar-refractivity contribution >= 4 is 22.6 Å². The minimum Gasteiger partial charge on any atom is -0.353 e. The predicted molar refractivity (Wildman–Crippen MR) is 147 cm³/mol. The van der Waals surface area contributed by atoms with E-state index < -0.39 is 0 Å². The number of carbonyl (C=O) groups is 1. The maximum atomic E-state index is 12.6. The van der Waals surface area contributed by atoms with Crippen LogP contribution in [0.25, 0.3) is 22.2 Å². The first-order valence-corrected chi connectivity index (χ1v) is 13.5. The maximum absolute atomic E-state index is 12.6. The highest BCUT2D eigenvalue weighted by Crippen LogP contribution is 2.28. The molecule has 2 aromatic carbocycles. The number of benzene rings is 2. The summed E-state index contributed by atoms with van der Waals surface area (Å²) in [6.45, 7) is 4.78. The summed E-state index contributed by atoms with van der Waals surface area (Å²) in [5, 5.41) is 0. The van der Waals surface area contributed by atoms with Gasteiger partial charge < -0.3 is 4.90 Å². The highest BCUT2D eigenvalue weighted by Gasteiger charge is 2.22. The number of hydrogen-bond donors (Lipinski definition) is 0. The summed E-state index contributed by atoms with van der Waals surface area (Å²) in [5.74, 6) is 1.61. The molecular weight excluding hydrogens is 458 g/mol. The second kappa shape index (κ2) is 10.8.